The Hall–Kier alpha value is -4.69. The molecular weight excluding hydrogens is 580 g/mol. The topological polar surface area (TPSA) is 114 Å². The Morgan fingerprint density at radius 1 is 0.783 bits per heavy atom. The molecule has 3 N–H and O–H groups in total. The van der Waals surface area contributed by atoms with Crippen LogP contribution in [0.25, 0.3) is 0 Å². The van der Waals surface area contributed by atoms with E-state index in [1.54, 1.807) is 12.2 Å². The second-order valence-corrected chi connectivity index (χ2v) is 11.3. The van der Waals surface area contributed by atoms with Crippen molar-refractivity contribution in [1.29, 1.82) is 0 Å². The van der Waals surface area contributed by atoms with Crippen LogP contribution in [0.3, 0.4) is 0 Å². The maximum atomic E-state index is 13.4. The highest BCUT2D eigenvalue weighted by atomic mass is 16.5. The lowest BCUT2D eigenvalue weighted by Gasteiger charge is -2.23. The van der Waals surface area contributed by atoms with Gasteiger partial charge in [0.2, 0.25) is 11.8 Å². The molecule has 0 saturated carbocycles. The van der Waals surface area contributed by atoms with Crippen LogP contribution in [0.4, 0.5) is 0 Å². The van der Waals surface area contributed by atoms with Gasteiger partial charge in [-0.25, -0.2) is 0 Å². The van der Waals surface area contributed by atoms with Gasteiger partial charge in [0.25, 0.3) is 0 Å². The first-order chi connectivity index (χ1) is 22.4. The first-order valence-corrected chi connectivity index (χ1v) is 15.8. The number of rotatable bonds is 21. The van der Waals surface area contributed by atoms with E-state index in [1.807, 2.05) is 84.9 Å². The van der Waals surface area contributed by atoms with Crippen LogP contribution in [-0.2, 0) is 38.6 Å². The van der Waals surface area contributed by atoms with Crippen LogP contribution in [-0.4, -0.2) is 48.2 Å². The van der Waals surface area contributed by atoms with Crippen molar-refractivity contribution in [2.24, 2.45) is 5.92 Å². The molecule has 0 aliphatic carbocycles. The number of esters is 1. The molecule has 0 aliphatic heterocycles. The zero-order valence-electron chi connectivity index (χ0n) is 26.4. The van der Waals surface area contributed by atoms with Gasteiger partial charge < -0.3 is 25.2 Å². The highest BCUT2D eigenvalue weighted by molar-refractivity contribution is 5.86. The summed E-state index contributed by atoms with van der Waals surface area (Å²) in [5.74, 6) is -0.967. The molecular formula is C38H46N2O6. The number of nitrogens with one attached hydrogen (secondary N) is 2. The number of hydrogen-bond donors (Lipinski definition) is 3. The molecule has 8 heteroatoms. The Bertz CT molecular complexity index is 1360. The second-order valence-electron chi connectivity index (χ2n) is 11.3. The fourth-order valence-electron chi connectivity index (χ4n) is 4.93. The summed E-state index contributed by atoms with van der Waals surface area (Å²) in [6, 6.07) is 26.0. The van der Waals surface area contributed by atoms with Crippen LogP contribution in [0.2, 0.25) is 0 Å². The predicted molar refractivity (Wildman–Crippen MR) is 180 cm³/mol. The summed E-state index contributed by atoms with van der Waals surface area (Å²) < 4.78 is 11.3. The fraction of sp³-hybridized carbons (Fsp3) is 0.342. The molecule has 3 rings (SSSR count). The van der Waals surface area contributed by atoms with E-state index in [1.165, 1.54) is 0 Å². The average molecular weight is 627 g/mol. The number of aliphatic hydroxyl groups is 1. The quantitative estimate of drug-likeness (QED) is 0.0819. The average Bonchev–Trinajstić information content (AvgIpc) is 3.07. The van der Waals surface area contributed by atoms with Crippen LogP contribution in [0, 0.1) is 5.92 Å². The van der Waals surface area contributed by atoms with E-state index >= 15 is 0 Å². The van der Waals surface area contributed by atoms with Gasteiger partial charge in [-0.1, -0.05) is 84.9 Å². The summed E-state index contributed by atoms with van der Waals surface area (Å²) in [5, 5.41) is 15.9. The summed E-state index contributed by atoms with van der Waals surface area (Å²) in [6.45, 7) is 7.65. The molecule has 0 bridgehead atoms. The molecule has 0 fully saturated rings. The number of allylic oxidation sites excluding steroid dienone is 2. The van der Waals surface area contributed by atoms with Gasteiger partial charge >= 0.3 is 5.97 Å². The van der Waals surface area contributed by atoms with Gasteiger partial charge in [0.05, 0.1) is 24.6 Å². The third-order valence-corrected chi connectivity index (χ3v) is 7.40. The van der Waals surface area contributed by atoms with Gasteiger partial charge in [0.1, 0.15) is 19.0 Å². The molecule has 2 amide bonds. The van der Waals surface area contributed by atoms with Crippen molar-refractivity contribution >= 4 is 17.8 Å². The number of ether oxygens (including phenoxy) is 2. The summed E-state index contributed by atoms with van der Waals surface area (Å²) in [5.41, 5.74) is 2.98. The molecule has 0 heterocycles. The summed E-state index contributed by atoms with van der Waals surface area (Å²) in [6.07, 6.45) is 6.08. The lowest BCUT2D eigenvalue weighted by atomic mass is 9.98. The number of benzene rings is 3. The third kappa shape index (κ3) is 13.5. The van der Waals surface area contributed by atoms with Gasteiger partial charge in [-0.2, -0.15) is 0 Å². The maximum Gasteiger partial charge on any atom is 0.305 e. The molecule has 0 spiro atoms. The standard InChI is InChI=1S/C38H46N2O6/c1-3-5-8-18-37(43)46-28-34(24-29-14-9-6-10-15-29)40-38(44)32(13-4-2)25-36(42)39-33(26-41)23-30-19-21-35(22-20-30)45-27-31-16-11-7-12-17-31/h3-4,6-7,9-12,14-17,19-22,32-34,41H,1-2,5,8,13,18,23-28H2,(H,39,42)(H,40,44). The van der Waals surface area contributed by atoms with Gasteiger partial charge in [-0.15, -0.1) is 13.2 Å². The molecule has 0 aliphatic rings. The minimum atomic E-state index is -0.681. The van der Waals surface area contributed by atoms with Crippen molar-refractivity contribution in [3.05, 3.63) is 127 Å². The normalized spacial score (nSPS) is 12.6. The minimum absolute atomic E-state index is 0.0171. The molecule has 0 radical (unpaired) electrons. The second kappa shape index (κ2) is 20.4. The first-order valence-electron chi connectivity index (χ1n) is 15.8. The van der Waals surface area contributed by atoms with E-state index in [0.29, 0.717) is 25.9 Å². The van der Waals surface area contributed by atoms with E-state index in [0.717, 1.165) is 28.9 Å². The third-order valence-electron chi connectivity index (χ3n) is 7.40. The summed E-state index contributed by atoms with van der Waals surface area (Å²) in [4.78, 5) is 38.7. The molecule has 46 heavy (non-hydrogen) atoms. The largest absolute Gasteiger partial charge is 0.489 e. The number of carbonyl (C=O) groups is 3. The van der Waals surface area contributed by atoms with E-state index in [9.17, 15) is 19.5 Å². The van der Waals surface area contributed by atoms with Crippen LogP contribution in [0.15, 0.2) is 110 Å². The van der Waals surface area contributed by atoms with E-state index in [4.69, 9.17) is 9.47 Å². The zero-order valence-corrected chi connectivity index (χ0v) is 26.4. The summed E-state index contributed by atoms with van der Waals surface area (Å²) >= 11 is 0. The number of carbonyl (C=O) groups excluding carboxylic acids is 3. The smallest absolute Gasteiger partial charge is 0.305 e. The first kappa shape index (κ1) is 35.8. The summed E-state index contributed by atoms with van der Waals surface area (Å²) in [7, 11) is 0. The molecule has 3 atom stereocenters. The fourth-order valence-corrected chi connectivity index (χ4v) is 4.93. The van der Waals surface area contributed by atoms with Crippen LogP contribution < -0.4 is 15.4 Å². The van der Waals surface area contributed by atoms with Crippen molar-refractivity contribution in [2.45, 2.75) is 63.6 Å². The van der Waals surface area contributed by atoms with Crippen molar-refractivity contribution < 1.29 is 29.0 Å². The van der Waals surface area contributed by atoms with Crippen LogP contribution in [0.5, 0.6) is 5.75 Å². The zero-order chi connectivity index (χ0) is 33.0. The molecule has 3 aromatic carbocycles. The molecule has 3 aromatic rings. The highest BCUT2D eigenvalue weighted by Gasteiger charge is 2.25. The maximum absolute atomic E-state index is 13.4. The van der Waals surface area contributed by atoms with Gasteiger partial charge in [-0.3, -0.25) is 14.4 Å². The van der Waals surface area contributed by atoms with Gasteiger partial charge in [0, 0.05) is 12.8 Å². The monoisotopic (exact) mass is 626 g/mol. The van der Waals surface area contributed by atoms with Gasteiger partial charge in [0.15, 0.2) is 0 Å². The Morgan fingerprint density at radius 3 is 2.04 bits per heavy atom. The molecule has 244 valence electrons. The molecule has 8 nitrogen and oxygen atoms in total. The number of aliphatic hydroxyl groups excluding tert-OH is 1. The van der Waals surface area contributed by atoms with E-state index < -0.39 is 18.0 Å². The van der Waals surface area contributed by atoms with Crippen LogP contribution in [0.1, 0.15) is 48.8 Å². The lowest BCUT2D eigenvalue weighted by Crippen LogP contribution is -2.45. The SMILES string of the molecule is C=CCCCC(=O)OCC(Cc1ccccc1)NC(=O)C(CC=C)CC(=O)NC(CO)Cc1ccc(OCc2ccccc2)cc1. The van der Waals surface area contributed by atoms with Gasteiger partial charge in [-0.05, 0) is 60.9 Å². The van der Waals surface area contributed by atoms with Crippen molar-refractivity contribution in [1.82, 2.24) is 10.6 Å². The minimum Gasteiger partial charge on any atom is -0.489 e. The Labute approximate surface area is 272 Å². The number of amides is 2. The Morgan fingerprint density at radius 2 is 1.41 bits per heavy atom. The number of unbranched alkanes of at least 4 members (excludes halogenated alkanes) is 1. The Kier molecular flexibility index (Phi) is 15.8. The van der Waals surface area contributed by atoms with E-state index in [2.05, 4.69) is 23.8 Å². The molecule has 0 aromatic heterocycles. The van der Waals surface area contributed by atoms with Crippen molar-refractivity contribution in [3.8, 4) is 5.75 Å². The number of hydrogen-bond acceptors (Lipinski definition) is 6. The lowest BCUT2D eigenvalue weighted by molar-refractivity contribution is -0.145. The van der Waals surface area contributed by atoms with Crippen LogP contribution >= 0.6 is 0 Å². The molecule has 0 saturated heterocycles. The Balaban J connectivity index is 1.54. The van der Waals surface area contributed by atoms with E-state index in [-0.39, 0.29) is 50.3 Å². The predicted octanol–water partition coefficient (Wildman–Crippen LogP) is 5.49. The van der Waals surface area contributed by atoms with Crippen molar-refractivity contribution in [3.63, 3.8) is 0 Å². The molecule has 3 unspecified atom stereocenters. The highest BCUT2D eigenvalue weighted by Crippen LogP contribution is 2.17. The van der Waals surface area contributed by atoms with Crippen molar-refractivity contribution in [2.75, 3.05) is 13.2 Å².